The predicted octanol–water partition coefficient (Wildman–Crippen LogP) is 5.05. The number of nitrogens with zero attached hydrogens (tertiary/aromatic N) is 2. The van der Waals surface area contributed by atoms with E-state index in [4.69, 9.17) is 0 Å². The van der Waals surface area contributed by atoms with Gasteiger partial charge in [0.25, 0.3) is 0 Å². The normalized spacial score (nSPS) is 21.0. The first-order chi connectivity index (χ1) is 17.7. The number of hydrogen-bond donors (Lipinski definition) is 3. The van der Waals surface area contributed by atoms with Gasteiger partial charge in [-0.1, -0.05) is 52.2 Å². The van der Waals surface area contributed by atoms with Crippen molar-refractivity contribution < 1.29 is 14.7 Å². The summed E-state index contributed by atoms with van der Waals surface area (Å²) in [6.07, 6.45) is 13.5. The molecule has 0 spiro atoms. The van der Waals surface area contributed by atoms with Gasteiger partial charge in [0, 0.05) is 67.8 Å². The number of nitrogens with one attached hydrogen (secondary N) is 2. The zero-order chi connectivity index (χ0) is 28.4. The van der Waals surface area contributed by atoms with E-state index in [0.717, 1.165) is 17.8 Å². The highest BCUT2D eigenvalue weighted by molar-refractivity contribution is 6.01. The molecule has 37 heavy (non-hydrogen) atoms. The Labute approximate surface area is 224 Å². The number of amides is 1. The van der Waals surface area contributed by atoms with Crippen LogP contribution in [0.4, 0.5) is 0 Å². The van der Waals surface area contributed by atoms with Gasteiger partial charge >= 0.3 is 0 Å². The number of ketones is 1. The summed E-state index contributed by atoms with van der Waals surface area (Å²) in [6.45, 7) is 20.2. The highest BCUT2D eigenvalue weighted by Crippen LogP contribution is 2.27. The molecule has 3 N–H and O–H groups in total. The van der Waals surface area contributed by atoms with Crippen LogP contribution < -0.4 is 10.6 Å². The van der Waals surface area contributed by atoms with Crippen LogP contribution in [0.2, 0.25) is 0 Å². The first-order valence-corrected chi connectivity index (χ1v) is 13.2. The van der Waals surface area contributed by atoms with Crippen molar-refractivity contribution in [1.29, 1.82) is 0 Å². The van der Waals surface area contributed by atoms with E-state index in [1.165, 1.54) is 4.90 Å². The van der Waals surface area contributed by atoms with Gasteiger partial charge in [0.05, 0.1) is 11.8 Å². The number of carbonyl (C=O) groups excluding carboxylic acids is 2. The van der Waals surface area contributed by atoms with Crippen molar-refractivity contribution in [2.75, 3.05) is 20.1 Å². The van der Waals surface area contributed by atoms with E-state index in [0.29, 0.717) is 24.2 Å². The van der Waals surface area contributed by atoms with Crippen LogP contribution in [-0.4, -0.2) is 54.2 Å². The zero-order valence-corrected chi connectivity index (χ0v) is 23.9. The molecule has 1 amide bonds. The van der Waals surface area contributed by atoms with E-state index < -0.39 is 12.0 Å². The van der Waals surface area contributed by atoms with Gasteiger partial charge in [-0.3, -0.25) is 14.6 Å². The molecule has 7 heteroatoms. The van der Waals surface area contributed by atoms with E-state index in [9.17, 15) is 14.7 Å². The largest absolute Gasteiger partial charge is 0.392 e. The molecule has 0 saturated carbocycles. The van der Waals surface area contributed by atoms with Crippen LogP contribution in [0.5, 0.6) is 0 Å². The van der Waals surface area contributed by atoms with Gasteiger partial charge in [0.2, 0.25) is 5.91 Å². The molecule has 0 fully saturated rings. The van der Waals surface area contributed by atoms with Gasteiger partial charge in [-0.25, -0.2) is 0 Å². The summed E-state index contributed by atoms with van der Waals surface area (Å²) in [4.78, 5) is 32.1. The summed E-state index contributed by atoms with van der Waals surface area (Å²) in [6, 6.07) is 0. The van der Waals surface area contributed by atoms with Gasteiger partial charge in [-0.15, -0.1) is 0 Å². The van der Waals surface area contributed by atoms with Gasteiger partial charge in [0.1, 0.15) is 0 Å². The minimum atomic E-state index is -0.641. The van der Waals surface area contributed by atoms with Crippen molar-refractivity contribution in [2.24, 2.45) is 16.8 Å². The van der Waals surface area contributed by atoms with Crippen LogP contribution in [0.1, 0.15) is 60.8 Å². The number of likely N-dealkylation sites (N-methyl/N-ethyl adjacent to an activating group) is 1. The molecule has 206 valence electrons. The third-order valence-corrected chi connectivity index (χ3v) is 5.73. The number of aliphatic hydroxyl groups is 1. The lowest BCUT2D eigenvalue weighted by Crippen LogP contribution is -2.39. The SMILES string of the molecule is C=C/C(=C\C=C/C)N/C1=C(\C(/C=C\N=CC)CC)NCCC(C(=O)N(C)CC(C)O)CC(=O)C1=C.CC. The molecule has 1 aliphatic heterocycles. The van der Waals surface area contributed by atoms with E-state index in [-0.39, 0.29) is 30.6 Å². The van der Waals surface area contributed by atoms with Gasteiger partial charge < -0.3 is 20.6 Å². The van der Waals surface area contributed by atoms with Crippen LogP contribution in [0.15, 0.2) is 77.4 Å². The molecule has 3 atom stereocenters. The van der Waals surface area contributed by atoms with Crippen molar-refractivity contribution >= 4 is 17.9 Å². The maximum absolute atomic E-state index is 13.4. The molecule has 3 unspecified atom stereocenters. The molecule has 0 aromatic heterocycles. The Balaban J connectivity index is 0.00000631. The Morgan fingerprint density at radius 2 is 2.03 bits per heavy atom. The lowest BCUT2D eigenvalue weighted by molar-refractivity contribution is -0.137. The molecule has 1 heterocycles. The summed E-state index contributed by atoms with van der Waals surface area (Å²) < 4.78 is 0. The highest BCUT2D eigenvalue weighted by atomic mass is 16.3. The standard InChI is InChI=1S/C28H42N4O3.C2H6/c1-8-12-13-24(10-3)31-26-21(6)25(34)18-23(28(35)32(7)19-20(5)33)15-17-30-27(26)22(9-2)14-16-29-11-4;1-2/h8,10-14,16,20,22-23,30-31,33H,3,6,9,15,17-19H2,1-2,4-5,7H3;1-2H3/b12-8-,16-14-,24-13+,27-26+,29-11?;. The van der Waals surface area contributed by atoms with Gasteiger partial charge in [-0.05, 0) is 45.8 Å². The highest BCUT2D eigenvalue weighted by Gasteiger charge is 2.30. The Morgan fingerprint density at radius 3 is 2.57 bits per heavy atom. The maximum Gasteiger partial charge on any atom is 0.226 e. The summed E-state index contributed by atoms with van der Waals surface area (Å²) in [5.74, 6) is -0.911. The van der Waals surface area contributed by atoms with Crippen molar-refractivity contribution in [1.82, 2.24) is 15.5 Å². The third-order valence-electron chi connectivity index (χ3n) is 5.73. The second-order valence-electron chi connectivity index (χ2n) is 8.62. The molecule has 1 rings (SSSR count). The molecule has 0 radical (unpaired) electrons. The molecular weight excluding hydrogens is 464 g/mol. The summed E-state index contributed by atoms with van der Waals surface area (Å²) in [7, 11) is 1.65. The van der Waals surface area contributed by atoms with Crippen molar-refractivity contribution in [3.8, 4) is 0 Å². The van der Waals surface area contributed by atoms with E-state index >= 15 is 0 Å². The van der Waals surface area contributed by atoms with Crippen molar-refractivity contribution in [2.45, 2.75) is 66.9 Å². The number of Topliss-reactive ketones (excluding diaryl/α,β-unsaturated/α-hetero) is 1. The van der Waals surface area contributed by atoms with Crippen LogP contribution in [0, 0.1) is 11.8 Å². The average Bonchev–Trinajstić information content (AvgIpc) is 2.94. The van der Waals surface area contributed by atoms with Crippen molar-refractivity contribution in [3.05, 3.63) is 72.4 Å². The molecule has 0 aromatic carbocycles. The maximum atomic E-state index is 13.4. The fourth-order valence-corrected chi connectivity index (χ4v) is 3.87. The molecule has 0 saturated heterocycles. The minimum Gasteiger partial charge on any atom is -0.392 e. The van der Waals surface area contributed by atoms with E-state index in [1.807, 2.05) is 52.0 Å². The minimum absolute atomic E-state index is 0.0521. The van der Waals surface area contributed by atoms with Gasteiger partial charge in [-0.2, -0.15) is 0 Å². The van der Waals surface area contributed by atoms with Crippen molar-refractivity contribution in [3.63, 3.8) is 0 Å². The lowest BCUT2D eigenvalue weighted by Gasteiger charge is -2.24. The van der Waals surface area contributed by atoms with Gasteiger partial charge in [0.15, 0.2) is 5.78 Å². The zero-order valence-electron chi connectivity index (χ0n) is 23.9. The quantitative estimate of drug-likeness (QED) is 0.205. The predicted molar refractivity (Wildman–Crippen MR) is 156 cm³/mol. The number of aliphatic hydroxyl groups excluding tert-OH is 1. The second kappa shape index (κ2) is 19.0. The molecule has 1 aliphatic rings. The van der Waals surface area contributed by atoms with Crippen LogP contribution in [0.3, 0.4) is 0 Å². The number of hydrogen-bond acceptors (Lipinski definition) is 6. The lowest BCUT2D eigenvalue weighted by atomic mass is 9.92. The Hall–Kier alpha value is -3.19. The molecule has 0 bridgehead atoms. The fraction of sp³-hybridized carbons (Fsp3) is 0.500. The molecule has 0 aromatic rings. The van der Waals surface area contributed by atoms with E-state index in [2.05, 4.69) is 35.7 Å². The second-order valence-corrected chi connectivity index (χ2v) is 8.62. The van der Waals surface area contributed by atoms with Crippen LogP contribution in [0.25, 0.3) is 0 Å². The number of carbonyl (C=O) groups is 2. The summed E-state index contributed by atoms with van der Waals surface area (Å²) in [5.41, 5.74) is 2.45. The van der Waals surface area contributed by atoms with Crippen LogP contribution >= 0.6 is 0 Å². The first kappa shape index (κ1) is 33.8. The summed E-state index contributed by atoms with van der Waals surface area (Å²) in [5, 5.41) is 16.5. The molecule has 7 nitrogen and oxygen atoms in total. The topological polar surface area (TPSA) is 94.0 Å². The number of allylic oxidation sites excluding steroid dienone is 6. The monoisotopic (exact) mass is 512 g/mol. The number of rotatable bonds is 11. The Kier molecular flexibility index (Phi) is 17.4. The Morgan fingerprint density at radius 1 is 1.35 bits per heavy atom. The third kappa shape index (κ3) is 11.6. The van der Waals surface area contributed by atoms with Crippen LogP contribution in [-0.2, 0) is 9.59 Å². The molecule has 0 aliphatic carbocycles. The first-order valence-electron chi connectivity index (χ1n) is 13.2. The van der Waals surface area contributed by atoms with E-state index in [1.54, 1.807) is 32.5 Å². The summed E-state index contributed by atoms with van der Waals surface area (Å²) >= 11 is 0. The Bertz CT molecular complexity index is 910. The molecular formula is C30H48N4O3. The fourth-order valence-electron chi connectivity index (χ4n) is 3.87. The smallest absolute Gasteiger partial charge is 0.226 e. The average molecular weight is 513 g/mol. The number of aliphatic imine (C=N–C) groups is 1.